The first-order valence-electron chi connectivity index (χ1n) is 5.73. The Kier molecular flexibility index (Phi) is 3.49. The number of rotatable bonds is 2. The van der Waals surface area contributed by atoms with Gasteiger partial charge in [0.05, 0.1) is 12.1 Å². The van der Waals surface area contributed by atoms with Crippen molar-refractivity contribution >= 4 is 0 Å². The summed E-state index contributed by atoms with van der Waals surface area (Å²) in [5.74, 6) is 0.316. The minimum Gasteiger partial charge on any atom is -0.391 e. The molecule has 0 aromatic rings. The normalized spacial score (nSPS) is 28.0. The first-order valence-corrected chi connectivity index (χ1v) is 5.73. The van der Waals surface area contributed by atoms with Crippen molar-refractivity contribution in [3.05, 3.63) is 6.04 Å². The molecule has 0 aliphatic carbocycles. The maximum Gasteiger partial charge on any atom is 0.0713 e. The highest BCUT2D eigenvalue weighted by Gasteiger charge is 2.40. The predicted molar refractivity (Wildman–Crippen MR) is 63.1 cm³/mol. The molecule has 1 fully saturated rings. The van der Waals surface area contributed by atoms with Crippen molar-refractivity contribution in [2.75, 3.05) is 0 Å². The molecule has 4 N–H and O–H groups in total. The molecular weight excluding hydrogens is 188 g/mol. The first-order chi connectivity index (χ1) is 6.63. The highest BCUT2D eigenvalue weighted by molar-refractivity contribution is 5.06. The van der Waals surface area contributed by atoms with Crippen LogP contribution in [0.1, 0.15) is 47.5 Å². The third kappa shape index (κ3) is 3.44. The first kappa shape index (κ1) is 12.9. The van der Waals surface area contributed by atoms with Gasteiger partial charge in [-0.1, -0.05) is 0 Å². The van der Waals surface area contributed by atoms with Crippen LogP contribution in [0.15, 0.2) is 0 Å². The van der Waals surface area contributed by atoms with Crippen molar-refractivity contribution in [3.63, 3.8) is 0 Å². The number of hydrogen-bond donors (Lipinski definition) is 3. The van der Waals surface area contributed by atoms with Crippen LogP contribution in [0, 0.1) is 12.0 Å². The monoisotopic (exact) mass is 213 g/mol. The van der Waals surface area contributed by atoms with Gasteiger partial charge in [-0.3, -0.25) is 0 Å². The molecule has 0 aromatic carbocycles. The number of hydrogen-bond acceptors (Lipinski definition) is 3. The van der Waals surface area contributed by atoms with Crippen LogP contribution in [-0.2, 0) is 0 Å². The van der Waals surface area contributed by atoms with E-state index in [4.69, 9.17) is 5.73 Å². The van der Waals surface area contributed by atoms with Crippen LogP contribution >= 0.6 is 0 Å². The lowest BCUT2D eigenvalue weighted by Crippen LogP contribution is -2.59. The quantitative estimate of drug-likeness (QED) is 0.650. The van der Waals surface area contributed by atoms with Gasteiger partial charge in [0.15, 0.2) is 0 Å². The fourth-order valence-corrected chi connectivity index (χ4v) is 2.90. The summed E-state index contributed by atoms with van der Waals surface area (Å²) < 4.78 is 0. The van der Waals surface area contributed by atoms with E-state index in [0.29, 0.717) is 5.92 Å². The number of piperidine rings is 1. The molecule has 0 aromatic heterocycles. The smallest absolute Gasteiger partial charge is 0.0713 e. The Bertz CT molecular complexity index is 208. The second kappa shape index (κ2) is 4.04. The van der Waals surface area contributed by atoms with Crippen molar-refractivity contribution in [2.24, 2.45) is 11.7 Å². The van der Waals surface area contributed by atoms with Gasteiger partial charge in [-0.25, -0.2) is 0 Å². The number of nitrogens with two attached hydrogens (primary N) is 1. The van der Waals surface area contributed by atoms with E-state index in [1.165, 1.54) is 0 Å². The topological polar surface area (TPSA) is 58.3 Å². The molecule has 89 valence electrons. The summed E-state index contributed by atoms with van der Waals surface area (Å²) in [6.07, 6.45) is 1.49. The van der Waals surface area contributed by atoms with Gasteiger partial charge < -0.3 is 16.2 Å². The van der Waals surface area contributed by atoms with Crippen LogP contribution in [0.4, 0.5) is 0 Å². The predicted octanol–water partition coefficient (Wildman–Crippen LogP) is 1.41. The SMILES string of the molecule is CC(O)[C](N)C1CC(C)(C)NC(C)(C)C1. The van der Waals surface area contributed by atoms with Crippen molar-refractivity contribution < 1.29 is 5.11 Å². The number of aliphatic hydroxyl groups is 1. The molecule has 1 rings (SSSR count). The fraction of sp³-hybridized carbons (Fsp3) is 0.917. The third-order valence-corrected chi connectivity index (χ3v) is 3.14. The van der Waals surface area contributed by atoms with E-state index >= 15 is 0 Å². The van der Waals surface area contributed by atoms with Crippen molar-refractivity contribution in [1.82, 2.24) is 5.32 Å². The fourth-order valence-electron chi connectivity index (χ4n) is 2.90. The molecule has 1 radical (unpaired) electrons. The lowest BCUT2D eigenvalue weighted by atomic mass is 9.72. The molecule has 1 unspecified atom stereocenters. The highest BCUT2D eigenvalue weighted by Crippen LogP contribution is 2.37. The van der Waals surface area contributed by atoms with Gasteiger partial charge in [-0.15, -0.1) is 0 Å². The third-order valence-electron chi connectivity index (χ3n) is 3.14. The summed E-state index contributed by atoms with van der Waals surface area (Å²) in [5.41, 5.74) is 6.15. The van der Waals surface area contributed by atoms with Gasteiger partial charge in [0, 0.05) is 11.1 Å². The van der Waals surface area contributed by atoms with E-state index in [9.17, 15) is 5.11 Å². The maximum atomic E-state index is 9.53. The molecule has 0 bridgehead atoms. The Balaban J connectivity index is 2.75. The van der Waals surface area contributed by atoms with Crippen LogP contribution in [0.5, 0.6) is 0 Å². The summed E-state index contributed by atoms with van der Waals surface area (Å²) in [6, 6.07) is 0.734. The second-order valence-corrected chi connectivity index (χ2v) is 6.17. The molecule has 0 spiro atoms. The minimum absolute atomic E-state index is 0.0892. The van der Waals surface area contributed by atoms with Crippen LogP contribution in [0.3, 0.4) is 0 Å². The van der Waals surface area contributed by atoms with Crippen molar-refractivity contribution in [3.8, 4) is 0 Å². The molecule has 15 heavy (non-hydrogen) atoms. The number of nitrogens with one attached hydrogen (secondary N) is 1. The van der Waals surface area contributed by atoms with E-state index in [-0.39, 0.29) is 11.1 Å². The molecule has 3 heteroatoms. The van der Waals surface area contributed by atoms with Crippen molar-refractivity contribution in [2.45, 2.75) is 64.6 Å². The summed E-state index contributed by atoms with van der Waals surface area (Å²) in [7, 11) is 0. The minimum atomic E-state index is -0.500. The molecular formula is C12H25N2O. The van der Waals surface area contributed by atoms with Gasteiger partial charge in [0.25, 0.3) is 0 Å². The number of aliphatic hydroxyl groups excluding tert-OH is 1. The lowest BCUT2D eigenvalue weighted by molar-refractivity contribution is 0.101. The molecule has 1 aliphatic heterocycles. The Labute approximate surface area is 93.4 Å². The Morgan fingerprint density at radius 1 is 1.27 bits per heavy atom. The summed E-state index contributed by atoms with van der Waals surface area (Å²) >= 11 is 0. The Morgan fingerprint density at radius 3 is 2.00 bits per heavy atom. The van der Waals surface area contributed by atoms with E-state index in [1.54, 1.807) is 6.92 Å². The van der Waals surface area contributed by atoms with E-state index in [1.807, 2.05) is 0 Å². The zero-order chi connectivity index (χ0) is 11.9. The average Bonchev–Trinajstić information content (AvgIpc) is 1.96. The van der Waals surface area contributed by atoms with Gasteiger partial charge in [0.1, 0.15) is 0 Å². The van der Waals surface area contributed by atoms with Gasteiger partial charge in [-0.2, -0.15) is 0 Å². The summed E-state index contributed by atoms with van der Waals surface area (Å²) in [5, 5.41) is 13.1. The van der Waals surface area contributed by atoms with Gasteiger partial charge >= 0.3 is 0 Å². The van der Waals surface area contributed by atoms with E-state index < -0.39 is 6.10 Å². The average molecular weight is 213 g/mol. The zero-order valence-electron chi connectivity index (χ0n) is 10.6. The Hall–Kier alpha value is -0.120. The maximum absolute atomic E-state index is 9.53. The molecule has 1 saturated heterocycles. The molecule has 0 saturated carbocycles. The standard InChI is InChI=1S/C12H25N2O/c1-8(15)10(13)9-6-11(2,3)14-12(4,5)7-9/h8-9,14-15H,6-7,13H2,1-5H3. The largest absolute Gasteiger partial charge is 0.391 e. The van der Waals surface area contributed by atoms with Crippen molar-refractivity contribution in [1.29, 1.82) is 0 Å². The van der Waals surface area contributed by atoms with Crippen LogP contribution < -0.4 is 11.1 Å². The summed E-state index contributed by atoms with van der Waals surface area (Å²) in [4.78, 5) is 0. The molecule has 0 amide bonds. The molecule has 3 nitrogen and oxygen atoms in total. The second-order valence-electron chi connectivity index (χ2n) is 6.17. The highest BCUT2D eigenvalue weighted by atomic mass is 16.3. The Morgan fingerprint density at radius 2 is 1.67 bits per heavy atom. The van der Waals surface area contributed by atoms with Crippen LogP contribution in [0.25, 0.3) is 0 Å². The van der Waals surface area contributed by atoms with Gasteiger partial charge in [0.2, 0.25) is 0 Å². The van der Waals surface area contributed by atoms with Crippen LogP contribution in [0.2, 0.25) is 0 Å². The molecule has 1 aliphatic rings. The van der Waals surface area contributed by atoms with E-state index in [0.717, 1.165) is 18.9 Å². The lowest BCUT2D eigenvalue weighted by Gasteiger charge is -2.48. The van der Waals surface area contributed by atoms with E-state index in [2.05, 4.69) is 33.0 Å². The zero-order valence-corrected chi connectivity index (χ0v) is 10.6. The van der Waals surface area contributed by atoms with Gasteiger partial charge in [-0.05, 0) is 53.4 Å². The van der Waals surface area contributed by atoms with Crippen LogP contribution in [-0.4, -0.2) is 22.3 Å². The molecule has 1 heterocycles. The molecule has 1 atom stereocenters. The summed E-state index contributed by atoms with van der Waals surface area (Å²) in [6.45, 7) is 10.5.